The Balaban J connectivity index is 2.67. The van der Waals surface area contributed by atoms with Gasteiger partial charge in [-0.3, -0.25) is 14.3 Å². The van der Waals surface area contributed by atoms with Crippen LogP contribution in [0.4, 0.5) is 0 Å². The fourth-order valence-corrected chi connectivity index (χ4v) is 4.38. The highest BCUT2D eigenvalue weighted by molar-refractivity contribution is 7.60. The maximum absolute atomic E-state index is 12.8. The fraction of sp³-hybridized carbons (Fsp3) is 0.250. The molecule has 0 saturated carbocycles. The molecule has 0 aliphatic carbocycles. The van der Waals surface area contributed by atoms with E-state index in [9.17, 15) is 19.4 Å². The summed E-state index contributed by atoms with van der Waals surface area (Å²) >= 11 is 0. The smallest absolute Gasteiger partial charge is 0.324 e. The second kappa shape index (κ2) is 6.42. The molecule has 0 bridgehead atoms. The number of hydrogen-bond donors (Lipinski definition) is 2. The van der Waals surface area contributed by atoms with Crippen LogP contribution >= 0.6 is 7.37 Å². The number of nitrogens with zero attached hydrogens (tertiary/aromatic N) is 1. The Hall–Kier alpha value is -1.97. The highest BCUT2D eigenvalue weighted by Crippen LogP contribution is 2.61. The van der Waals surface area contributed by atoms with Gasteiger partial charge in [0.05, 0.1) is 0 Å². The Bertz CT molecular complexity index is 690. The molecule has 2 rings (SSSR count). The van der Waals surface area contributed by atoms with Crippen LogP contribution < -0.4 is 0 Å². The predicted molar refractivity (Wildman–Crippen MR) is 84.1 cm³/mol. The Morgan fingerprint density at radius 1 is 1.23 bits per heavy atom. The molecule has 0 radical (unpaired) electrons. The highest BCUT2D eigenvalue weighted by atomic mass is 31.2. The Morgan fingerprint density at radius 2 is 1.91 bits per heavy atom. The third-order valence-corrected chi connectivity index (χ3v) is 6.47. The van der Waals surface area contributed by atoms with Crippen LogP contribution in [0.5, 0.6) is 0 Å². The number of aromatic nitrogens is 1. The Labute approximate surface area is 129 Å². The standard InChI is InChI=1S/C16H18NO4P/c1-2-22(20,21)16(15(18)19,14-8-4-3-5-9-14)11-13-7-6-10-17-12-13/h3-10,12H,2,11H2,1H3,(H,18,19)(H,20,21). The molecule has 6 heteroatoms. The minimum Gasteiger partial charge on any atom is -0.480 e. The molecule has 1 aromatic heterocycles. The molecule has 1 heterocycles. The summed E-state index contributed by atoms with van der Waals surface area (Å²) in [5, 5.41) is 7.98. The maximum Gasteiger partial charge on any atom is 0.324 e. The van der Waals surface area contributed by atoms with Crippen LogP contribution in [0.1, 0.15) is 18.1 Å². The molecule has 0 amide bonds. The minimum atomic E-state index is -3.99. The van der Waals surface area contributed by atoms with Gasteiger partial charge in [0.2, 0.25) is 7.37 Å². The van der Waals surface area contributed by atoms with Crippen molar-refractivity contribution in [1.82, 2.24) is 4.98 Å². The lowest BCUT2D eigenvalue weighted by Crippen LogP contribution is -2.38. The number of carboxylic acid groups (broad SMARTS) is 1. The molecule has 0 aliphatic rings. The number of rotatable bonds is 6. The maximum atomic E-state index is 12.8. The minimum absolute atomic E-state index is 0.0815. The van der Waals surface area contributed by atoms with E-state index in [1.54, 1.807) is 48.7 Å². The Kier molecular flexibility index (Phi) is 4.79. The van der Waals surface area contributed by atoms with Gasteiger partial charge in [0, 0.05) is 25.0 Å². The predicted octanol–water partition coefficient (Wildman–Crippen LogP) is 2.89. The van der Waals surface area contributed by atoms with Crippen LogP contribution in [0.2, 0.25) is 0 Å². The first kappa shape index (κ1) is 16.4. The molecule has 5 nitrogen and oxygen atoms in total. The van der Waals surface area contributed by atoms with Crippen molar-refractivity contribution in [2.75, 3.05) is 6.16 Å². The van der Waals surface area contributed by atoms with Crippen LogP contribution in [0, 0.1) is 0 Å². The van der Waals surface area contributed by atoms with Gasteiger partial charge in [-0.05, 0) is 17.2 Å². The van der Waals surface area contributed by atoms with Gasteiger partial charge in [-0.1, -0.05) is 43.3 Å². The van der Waals surface area contributed by atoms with Crippen LogP contribution in [-0.4, -0.2) is 27.1 Å². The van der Waals surface area contributed by atoms with Crippen molar-refractivity contribution in [3.8, 4) is 0 Å². The van der Waals surface area contributed by atoms with E-state index in [4.69, 9.17) is 0 Å². The summed E-state index contributed by atoms with van der Waals surface area (Å²) in [6.45, 7) is 1.53. The van der Waals surface area contributed by atoms with Crippen molar-refractivity contribution in [2.45, 2.75) is 18.5 Å². The van der Waals surface area contributed by atoms with Crippen molar-refractivity contribution < 1.29 is 19.4 Å². The average molecular weight is 319 g/mol. The molecule has 2 atom stereocenters. The number of carboxylic acids is 1. The summed E-state index contributed by atoms with van der Waals surface area (Å²) in [7, 11) is -3.99. The van der Waals surface area contributed by atoms with Crippen molar-refractivity contribution >= 4 is 13.3 Å². The van der Waals surface area contributed by atoms with Crippen LogP contribution in [0.25, 0.3) is 0 Å². The van der Waals surface area contributed by atoms with Crippen molar-refractivity contribution in [2.24, 2.45) is 0 Å². The van der Waals surface area contributed by atoms with E-state index >= 15 is 0 Å². The molecule has 0 aliphatic heterocycles. The lowest BCUT2D eigenvalue weighted by molar-refractivity contribution is -0.140. The summed E-state index contributed by atoms with van der Waals surface area (Å²) in [6, 6.07) is 11.7. The second-order valence-electron chi connectivity index (χ2n) is 5.09. The summed E-state index contributed by atoms with van der Waals surface area (Å²) in [5.41, 5.74) is 0.940. The Morgan fingerprint density at radius 3 is 2.41 bits per heavy atom. The lowest BCUT2D eigenvalue weighted by atomic mass is 9.91. The van der Waals surface area contributed by atoms with E-state index in [-0.39, 0.29) is 12.6 Å². The number of hydrogen-bond acceptors (Lipinski definition) is 3. The van der Waals surface area contributed by atoms with Gasteiger partial charge in [0.25, 0.3) is 0 Å². The van der Waals surface area contributed by atoms with E-state index in [0.29, 0.717) is 11.1 Å². The third-order valence-electron chi connectivity index (χ3n) is 3.81. The first-order chi connectivity index (χ1) is 10.4. The summed E-state index contributed by atoms with van der Waals surface area (Å²) < 4.78 is 12.8. The van der Waals surface area contributed by atoms with Crippen molar-refractivity contribution in [3.05, 3.63) is 66.0 Å². The fourth-order valence-electron chi connectivity index (χ4n) is 2.56. The second-order valence-corrected chi connectivity index (χ2v) is 7.89. The van der Waals surface area contributed by atoms with Gasteiger partial charge < -0.3 is 10.00 Å². The van der Waals surface area contributed by atoms with Gasteiger partial charge in [0.15, 0.2) is 5.16 Å². The SMILES string of the molecule is CCP(=O)(O)C(Cc1cccnc1)(C(=O)O)c1ccccc1. The number of aliphatic carboxylic acids is 1. The first-order valence-corrected chi connectivity index (χ1v) is 8.78. The van der Waals surface area contributed by atoms with E-state index in [2.05, 4.69) is 4.98 Å². The van der Waals surface area contributed by atoms with E-state index in [0.717, 1.165) is 0 Å². The molecule has 2 unspecified atom stereocenters. The molecule has 0 spiro atoms. The van der Waals surface area contributed by atoms with Crippen LogP contribution in [0.3, 0.4) is 0 Å². The normalized spacial score (nSPS) is 16.5. The first-order valence-electron chi connectivity index (χ1n) is 6.94. The zero-order chi connectivity index (χ0) is 16.2. The van der Waals surface area contributed by atoms with Gasteiger partial charge in [-0.2, -0.15) is 0 Å². The van der Waals surface area contributed by atoms with Crippen molar-refractivity contribution in [1.29, 1.82) is 0 Å². The summed E-state index contributed by atoms with van der Waals surface area (Å²) in [5.74, 6) is -1.30. The summed E-state index contributed by atoms with van der Waals surface area (Å²) in [4.78, 5) is 26.5. The van der Waals surface area contributed by atoms with Crippen LogP contribution in [-0.2, 0) is 20.9 Å². The monoisotopic (exact) mass is 319 g/mol. The van der Waals surface area contributed by atoms with Crippen LogP contribution in [0.15, 0.2) is 54.9 Å². The topological polar surface area (TPSA) is 87.5 Å². The van der Waals surface area contributed by atoms with E-state index in [1.165, 1.54) is 13.1 Å². The molecule has 1 aromatic carbocycles. The largest absolute Gasteiger partial charge is 0.480 e. The molecule has 2 N–H and O–H groups in total. The number of pyridine rings is 1. The van der Waals surface area contributed by atoms with Crippen molar-refractivity contribution in [3.63, 3.8) is 0 Å². The van der Waals surface area contributed by atoms with Gasteiger partial charge >= 0.3 is 5.97 Å². The number of carbonyl (C=O) groups is 1. The number of benzene rings is 1. The van der Waals surface area contributed by atoms with Gasteiger partial charge in [-0.25, -0.2) is 0 Å². The average Bonchev–Trinajstić information content (AvgIpc) is 2.54. The summed E-state index contributed by atoms with van der Waals surface area (Å²) in [6.07, 6.45) is 2.90. The van der Waals surface area contributed by atoms with Gasteiger partial charge in [-0.15, -0.1) is 0 Å². The molecule has 0 saturated heterocycles. The molecular weight excluding hydrogens is 301 g/mol. The highest BCUT2D eigenvalue weighted by Gasteiger charge is 2.54. The third kappa shape index (κ3) is 2.82. The van der Waals surface area contributed by atoms with E-state index in [1.807, 2.05) is 0 Å². The zero-order valence-corrected chi connectivity index (χ0v) is 13.1. The zero-order valence-electron chi connectivity index (χ0n) is 12.2. The molecule has 116 valence electrons. The quantitative estimate of drug-likeness (QED) is 0.799. The molecule has 2 aromatic rings. The molecule has 0 fully saturated rings. The molecule has 22 heavy (non-hydrogen) atoms. The molecular formula is C16H18NO4P. The van der Waals surface area contributed by atoms with Gasteiger partial charge in [0.1, 0.15) is 0 Å². The lowest BCUT2D eigenvalue weighted by Gasteiger charge is -2.34. The van der Waals surface area contributed by atoms with E-state index < -0.39 is 18.5 Å².